The minimum Gasteiger partial charge on any atom is -0.382 e. The second-order valence-corrected chi connectivity index (χ2v) is 10.4. The number of pyridine rings is 1. The van der Waals surface area contributed by atoms with Crippen LogP contribution in [-0.4, -0.2) is 54.6 Å². The predicted octanol–water partition coefficient (Wildman–Crippen LogP) is 5.15. The minimum atomic E-state index is -4.58. The lowest BCUT2D eigenvalue weighted by atomic mass is 9.84. The van der Waals surface area contributed by atoms with Crippen LogP contribution in [0.4, 0.5) is 33.6 Å². The molecule has 2 aliphatic heterocycles. The van der Waals surface area contributed by atoms with Crippen molar-refractivity contribution in [2.45, 2.75) is 49.7 Å². The molecule has 0 bridgehead atoms. The smallest absolute Gasteiger partial charge is 0.382 e. The monoisotopic (exact) mass is 585 g/mol. The van der Waals surface area contributed by atoms with Gasteiger partial charge >= 0.3 is 6.18 Å². The van der Waals surface area contributed by atoms with E-state index in [1.807, 2.05) is 0 Å². The third-order valence-electron chi connectivity index (χ3n) is 7.79. The number of nitrogens with one attached hydrogen (secondary N) is 1. The van der Waals surface area contributed by atoms with Crippen LogP contribution in [0.2, 0.25) is 0 Å². The van der Waals surface area contributed by atoms with Gasteiger partial charge in [0.1, 0.15) is 28.7 Å². The molecule has 0 spiro atoms. The van der Waals surface area contributed by atoms with Crippen molar-refractivity contribution in [3.05, 3.63) is 71.9 Å². The van der Waals surface area contributed by atoms with Crippen molar-refractivity contribution in [2.75, 3.05) is 17.6 Å². The van der Waals surface area contributed by atoms with E-state index in [2.05, 4.69) is 15.3 Å². The number of anilines is 2. The molecule has 6 rings (SSSR count). The van der Waals surface area contributed by atoms with Crippen molar-refractivity contribution in [3.63, 3.8) is 0 Å². The summed E-state index contributed by atoms with van der Waals surface area (Å²) in [5.41, 5.74) is 6.94. The topological polar surface area (TPSA) is 119 Å². The molecule has 2 aliphatic rings. The van der Waals surface area contributed by atoms with E-state index in [1.54, 1.807) is 22.7 Å². The summed E-state index contributed by atoms with van der Waals surface area (Å²) in [7, 11) is 0. The van der Waals surface area contributed by atoms with Gasteiger partial charge in [0.25, 0.3) is 11.8 Å². The highest BCUT2D eigenvalue weighted by Gasteiger charge is 2.51. The number of carbonyl (C=O) groups excluding carboxylic acids is 2. The fourth-order valence-corrected chi connectivity index (χ4v) is 5.70. The van der Waals surface area contributed by atoms with Gasteiger partial charge in [-0.05, 0) is 37.1 Å². The summed E-state index contributed by atoms with van der Waals surface area (Å²) in [6, 6.07) is 6.60. The van der Waals surface area contributed by atoms with E-state index in [4.69, 9.17) is 10.7 Å². The van der Waals surface area contributed by atoms with Crippen molar-refractivity contribution in [1.82, 2.24) is 24.3 Å². The average molecular weight is 586 g/mol. The van der Waals surface area contributed by atoms with E-state index < -0.39 is 36.0 Å². The Hall–Kier alpha value is -4.62. The minimum absolute atomic E-state index is 0.0998. The highest BCUT2D eigenvalue weighted by molar-refractivity contribution is 6.04. The number of nitrogens with two attached hydrogens (primary N) is 1. The molecule has 0 aliphatic carbocycles. The van der Waals surface area contributed by atoms with E-state index in [-0.39, 0.29) is 48.4 Å². The second kappa shape index (κ2) is 10.0. The van der Waals surface area contributed by atoms with Gasteiger partial charge in [0.05, 0.1) is 11.6 Å². The Labute approximate surface area is 235 Å². The zero-order valence-corrected chi connectivity index (χ0v) is 21.9. The van der Waals surface area contributed by atoms with Gasteiger partial charge in [-0.15, -0.1) is 0 Å². The van der Waals surface area contributed by atoms with Gasteiger partial charge < -0.3 is 16.0 Å². The molecule has 0 saturated carbocycles. The van der Waals surface area contributed by atoms with Crippen LogP contribution in [0.5, 0.6) is 0 Å². The Bertz CT molecular complexity index is 1690. The molecule has 2 saturated heterocycles. The Kier molecular flexibility index (Phi) is 6.58. The number of halogens is 5. The summed E-state index contributed by atoms with van der Waals surface area (Å²) < 4.78 is 69.8. The molecular formula is C28H24F5N7O2. The van der Waals surface area contributed by atoms with E-state index in [1.165, 1.54) is 23.2 Å². The second-order valence-electron chi connectivity index (χ2n) is 10.4. The lowest BCUT2D eigenvalue weighted by Gasteiger charge is -2.45. The lowest BCUT2D eigenvalue weighted by molar-refractivity contribution is -0.166. The molecule has 1 aromatic carbocycles. The standard InChI is InChI=1S/C28H24F5N7O2/c29-27(30)9-7-21(41)40-14-17(5-6-19(27)40)25-38-22(23-24(34)36-11-12-39(23)25)15-1-3-16(4-2-15)26(42)37-20-13-18(8-10-35-20)28(31,32)33/h1-4,8,10-13,17,19H,5-7,9,14H2,(H2,34,36)(H,35,37,42)/t17-,19+/m0/s1. The van der Waals surface area contributed by atoms with Gasteiger partial charge in [0, 0.05) is 55.0 Å². The molecule has 42 heavy (non-hydrogen) atoms. The number of fused-ring (bicyclic) bond motifs is 2. The third kappa shape index (κ3) is 4.90. The summed E-state index contributed by atoms with van der Waals surface area (Å²) in [4.78, 5) is 39.3. The van der Waals surface area contributed by atoms with Crippen LogP contribution in [-0.2, 0) is 11.0 Å². The first-order valence-corrected chi connectivity index (χ1v) is 13.2. The molecular weight excluding hydrogens is 561 g/mol. The van der Waals surface area contributed by atoms with Gasteiger partial charge in [-0.1, -0.05) is 12.1 Å². The van der Waals surface area contributed by atoms with Crippen LogP contribution < -0.4 is 11.1 Å². The largest absolute Gasteiger partial charge is 0.416 e. The number of aromatic nitrogens is 4. The van der Waals surface area contributed by atoms with Gasteiger partial charge in [-0.3, -0.25) is 14.0 Å². The van der Waals surface area contributed by atoms with Crippen LogP contribution in [0, 0.1) is 0 Å². The molecule has 14 heteroatoms. The maximum absolute atomic E-state index is 14.5. The maximum Gasteiger partial charge on any atom is 0.416 e. The highest BCUT2D eigenvalue weighted by Crippen LogP contribution is 2.43. The number of alkyl halides is 5. The number of piperidine rings is 2. The molecule has 0 unspecified atom stereocenters. The normalized spacial score (nSPS) is 20.4. The molecule has 9 nitrogen and oxygen atoms in total. The summed E-state index contributed by atoms with van der Waals surface area (Å²) in [6.07, 6.45) is -0.572. The van der Waals surface area contributed by atoms with Gasteiger partial charge in [0.15, 0.2) is 0 Å². The van der Waals surface area contributed by atoms with Gasteiger partial charge in [-0.2, -0.15) is 13.2 Å². The average Bonchev–Trinajstić information content (AvgIpc) is 3.36. The number of carbonyl (C=O) groups is 2. The van der Waals surface area contributed by atoms with Crippen LogP contribution in [0.25, 0.3) is 16.8 Å². The number of hydrogen-bond acceptors (Lipinski definition) is 6. The van der Waals surface area contributed by atoms with Crippen LogP contribution in [0.15, 0.2) is 55.0 Å². The van der Waals surface area contributed by atoms with Gasteiger partial charge in [-0.25, -0.2) is 23.7 Å². The van der Waals surface area contributed by atoms with Crippen molar-refractivity contribution < 1.29 is 31.5 Å². The number of amides is 2. The first kappa shape index (κ1) is 27.5. The van der Waals surface area contributed by atoms with E-state index >= 15 is 0 Å². The summed E-state index contributed by atoms with van der Waals surface area (Å²) in [5, 5.41) is 2.36. The first-order chi connectivity index (χ1) is 19.9. The summed E-state index contributed by atoms with van der Waals surface area (Å²) >= 11 is 0. The fourth-order valence-electron chi connectivity index (χ4n) is 5.70. The van der Waals surface area contributed by atoms with Crippen molar-refractivity contribution in [2.24, 2.45) is 0 Å². The lowest BCUT2D eigenvalue weighted by Crippen LogP contribution is -2.58. The Morgan fingerprint density at radius 1 is 1.07 bits per heavy atom. The molecule has 5 heterocycles. The molecule has 3 aromatic heterocycles. The molecule has 2 amide bonds. The van der Waals surface area contributed by atoms with Gasteiger partial charge in [0.2, 0.25) is 5.91 Å². The highest BCUT2D eigenvalue weighted by atomic mass is 19.4. The molecule has 3 N–H and O–H groups in total. The molecule has 2 atom stereocenters. The summed E-state index contributed by atoms with van der Waals surface area (Å²) in [5.74, 6) is -3.74. The van der Waals surface area contributed by atoms with E-state index in [9.17, 15) is 31.5 Å². The SMILES string of the molecule is Nc1nccn2c([C@H]3CC[C@H]4N(C3)C(=O)CCC4(F)F)nc(-c3ccc(C(=O)Nc4cc(C(F)(F)F)ccn4)cc3)c12. The Morgan fingerprint density at radius 3 is 2.57 bits per heavy atom. The number of benzene rings is 1. The predicted molar refractivity (Wildman–Crippen MR) is 142 cm³/mol. The fraction of sp³-hybridized carbons (Fsp3) is 0.321. The third-order valence-corrected chi connectivity index (χ3v) is 7.79. The number of rotatable bonds is 4. The number of imidazole rings is 1. The van der Waals surface area contributed by atoms with Crippen molar-refractivity contribution in [1.29, 1.82) is 0 Å². The maximum atomic E-state index is 14.5. The Balaban J connectivity index is 1.28. The number of nitrogen functional groups attached to an aromatic ring is 1. The van der Waals surface area contributed by atoms with Crippen molar-refractivity contribution >= 4 is 29.0 Å². The van der Waals surface area contributed by atoms with Crippen LogP contribution >= 0.6 is 0 Å². The molecule has 218 valence electrons. The van der Waals surface area contributed by atoms with E-state index in [0.29, 0.717) is 29.0 Å². The van der Waals surface area contributed by atoms with Crippen LogP contribution in [0.1, 0.15) is 53.3 Å². The van der Waals surface area contributed by atoms with E-state index in [0.717, 1.165) is 18.3 Å². The number of nitrogens with zero attached hydrogens (tertiary/aromatic N) is 5. The zero-order chi connectivity index (χ0) is 29.8. The Morgan fingerprint density at radius 2 is 1.83 bits per heavy atom. The quantitative estimate of drug-likeness (QED) is 0.320. The zero-order valence-electron chi connectivity index (χ0n) is 21.9. The van der Waals surface area contributed by atoms with Crippen LogP contribution in [0.3, 0.4) is 0 Å². The molecule has 0 radical (unpaired) electrons. The summed E-state index contributed by atoms with van der Waals surface area (Å²) in [6.45, 7) is 0.0998. The van der Waals surface area contributed by atoms with Crippen molar-refractivity contribution in [3.8, 4) is 11.3 Å². The molecule has 2 fully saturated rings. The number of hydrogen-bond donors (Lipinski definition) is 2. The molecule has 4 aromatic rings. The first-order valence-electron chi connectivity index (χ1n) is 13.2.